The predicted molar refractivity (Wildman–Crippen MR) is 73.5 cm³/mol. The molecule has 0 aliphatic rings. The molecule has 1 aromatic heterocycles. The third-order valence-corrected chi connectivity index (χ3v) is 3.15. The first kappa shape index (κ1) is 14.8. The van der Waals surface area contributed by atoms with Gasteiger partial charge in [-0.15, -0.1) is 0 Å². The van der Waals surface area contributed by atoms with Gasteiger partial charge in [0.15, 0.2) is 0 Å². The summed E-state index contributed by atoms with van der Waals surface area (Å²) < 4.78 is 27.7. The van der Waals surface area contributed by atoms with Gasteiger partial charge in [-0.3, -0.25) is 0 Å². The summed E-state index contributed by atoms with van der Waals surface area (Å²) >= 11 is 5.58. The fourth-order valence-electron chi connectivity index (χ4n) is 1.91. The van der Waals surface area contributed by atoms with Crippen molar-refractivity contribution in [3.05, 3.63) is 58.6 Å². The van der Waals surface area contributed by atoms with E-state index in [9.17, 15) is 8.78 Å². The molecule has 1 N–H and O–H groups in total. The maximum atomic E-state index is 14.1. The van der Waals surface area contributed by atoms with Gasteiger partial charge in [0, 0.05) is 23.5 Å². The molecule has 0 saturated carbocycles. The summed E-state index contributed by atoms with van der Waals surface area (Å²) in [7, 11) is 0. The molecule has 6 heteroatoms. The van der Waals surface area contributed by atoms with Crippen LogP contribution in [0.4, 0.5) is 8.78 Å². The molecule has 2 aromatic rings. The average molecular weight is 298 g/mol. The molecule has 0 saturated heterocycles. The van der Waals surface area contributed by atoms with Gasteiger partial charge < -0.3 is 5.32 Å². The summed E-state index contributed by atoms with van der Waals surface area (Å²) in [5.74, 6) is -1.21. The third kappa shape index (κ3) is 3.29. The molecule has 0 aliphatic carbocycles. The first-order chi connectivity index (χ1) is 9.63. The van der Waals surface area contributed by atoms with Crippen LogP contribution < -0.4 is 5.32 Å². The summed E-state index contributed by atoms with van der Waals surface area (Å²) in [6, 6.07) is 1.58. The van der Waals surface area contributed by atoms with Crippen molar-refractivity contribution in [1.82, 2.24) is 15.3 Å². The molecule has 1 atom stereocenters. The molecule has 3 nitrogen and oxygen atoms in total. The molecule has 0 fully saturated rings. The van der Waals surface area contributed by atoms with Gasteiger partial charge in [-0.1, -0.05) is 18.5 Å². The molecule has 1 aromatic carbocycles. The number of nitrogens with one attached hydrogen (secondary N) is 1. The smallest absolute Gasteiger partial charge is 0.142 e. The summed E-state index contributed by atoms with van der Waals surface area (Å²) in [5.41, 5.74) is 0.858. The number of nitrogens with zero attached hydrogens (tertiary/aromatic N) is 2. The van der Waals surface area contributed by atoms with E-state index in [-0.39, 0.29) is 10.6 Å². The van der Waals surface area contributed by atoms with E-state index in [1.165, 1.54) is 6.33 Å². The van der Waals surface area contributed by atoms with Crippen LogP contribution in [0.2, 0.25) is 5.02 Å². The summed E-state index contributed by atoms with van der Waals surface area (Å²) in [5, 5.41) is 2.93. The quantitative estimate of drug-likeness (QED) is 0.858. The van der Waals surface area contributed by atoms with E-state index in [0.717, 1.165) is 18.6 Å². The fourth-order valence-corrected chi connectivity index (χ4v) is 2.07. The average Bonchev–Trinajstić information content (AvgIpc) is 2.45. The molecule has 2 rings (SSSR count). The van der Waals surface area contributed by atoms with Gasteiger partial charge in [-0.2, -0.15) is 0 Å². The van der Waals surface area contributed by atoms with Crippen LogP contribution in [0.1, 0.15) is 30.5 Å². The summed E-state index contributed by atoms with van der Waals surface area (Å²) in [4.78, 5) is 7.83. The van der Waals surface area contributed by atoms with Crippen molar-refractivity contribution in [2.24, 2.45) is 0 Å². The van der Waals surface area contributed by atoms with Gasteiger partial charge in [0.1, 0.15) is 18.0 Å². The normalized spacial score (nSPS) is 12.4. The first-order valence-corrected chi connectivity index (χ1v) is 6.64. The molecule has 106 valence electrons. The third-order valence-electron chi connectivity index (χ3n) is 2.86. The lowest BCUT2D eigenvalue weighted by Gasteiger charge is -2.19. The molecule has 0 spiro atoms. The Morgan fingerprint density at radius 2 is 1.90 bits per heavy atom. The largest absolute Gasteiger partial charge is 0.306 e. The highest BCUT2D eigenvalue weighted by molar-refractivity contribution is 6.30. The molecule has 0 radical (unpaired) electrons. The first-order valence-electron chi connectivity index (χ1n) is 6.26. The minimum atomic E-state index is -0.650. The van der Waals surface area contributed by atoms with Crippen LogP contribution in [0.25, 0.3) is 0 Å². The van der Waals surface area contributed by atoms with Crippen molar-refractivity contribution < 1.29 is 8.78 Å². The molecule has 0 amide bonds. The molecule has 20 heavy (non-hydrogen) atoms. The van der Waals surface area contributed by atoms with Crippen molar-refractivity contribution in [2.75, 3.05) is 6.54 Å². The number of rotatable bonds is 5. The molecular weight excluding hydrogens is 284 g/mol. The topological polar surface area (TPSA) is 37.8 Å². The molecule has 0 aliphatic heterocycles. The second kappa shape index (κ2) is 6.72. The SMILES string of the molecule is CCCNC(c1cncnc1)c1cc(F)c(Cl)cc1F. The van der Waals surface area contributed by atoms with Gasteiger partial charge in [-0.05, 0) is 25.1 Å². The Balaban J connectivity index is 2.44. The van der Waals surface area contributed by atoms with Crippen LogP contribution in [0.3, 0.4) is 0 Å². The maximum Gasteiger partial charge on any atom is 0.142 e. The number of halogens is 3. The zero-order valence-corrected chi connectivity index (χ0v) is 11.7. The van der Waals surface area contributed by atoms with Crippen molar-refractivity contribution >= 4 is 11.6 Å². The highest BCUT2D eigenvalue weighted by Crippen LogP contribution is 2.27. The van der Waals surface area contributed by atoms with Crippen molar-refractivity contribution in [1.29, 1.82) is 0 Å². The molecule has 0 bridgehead atoms. The zero-order valence-electron chi connectivity index (χ0n) is 10.9. The summed E-state index contributed by atoms with van der Waals surface area (Å²) in [6.07, 6.45) is 5.40. The van der Waals surface area contributed by atoms with Crippen LogP contribution in [0, 0.1) is 11.6 Å². The number of hydrogen-bond acceptors (Lipinski definition) is 3. The van der Waals surface area contributed by atoms with Gasteiger partial charge in [-0.25, -0.2) is 18.7 Å². The standard InChI is InChI=1S/C14H14ClF2N3/c1-2-3-20-14(9-6-18-8-19-7-9)10-4-13(17)11(15)5-12(10)16/h4-8,14,20H,2-3H2,1H3. The second-order valence-electron chi connectivity index (χ2n) is 4.35. The Labute approximate surface area is 121 Å². The van der Waals surface area contributed by atoms with Gasteiger partial charge in [0.05, 0.1) is 11.1 Å². The van der Waals surface area contributed by atoms with Crippen LogP contribution in [0.15, 0.2) is 30.9 Å². The highest BCUT2D eigenvalue weighted by Gasteiger charge is 2.20. The second-order valence-corrected chi connectivity index (χ2v) is 4.75. The highest BCUT2D eigenvalue weighted by atomic mass is 35.5. The van der Waals surface area contributed by atoms with Crippen LogP contribution in [-0.2, 0) is 0 Å². The van der Waals surface area contributed by atoms with E-state index >= 15 is 0 Å². The Bertz CT molecular complexity index is 578. The minimum absolute atomic E-state index is 0.190. The molecule has 1 unspecified atom stereocenters. The van der Waals surface area contributed by atoms with Crippen LogP contribution >= 0.6 is 11.6 Å². The van der Waals surface area contributed by atoms with Crippen LogP contribution in [-0.4, -0.2) is 16.5 Å². The van der Waals surface area contributed by atoms with E-state index in [1.54, 1.807) is 12.4 Å². The Morgan fingerprint density at radius 3 is 2.55 bits per heavy atom. The molecular formula is C14H14ClF2N3. The lowest BCUT2D eigenvalue weighted by Crippen LogP contribution is -2.24. The van der Waals surface area contributed by atoms with Gasteiger partial charge >= 0.3 is 0 Å². The van der Waals surface area contributed by atoms with Crippen molar-refractivity contribution in [2.45, 2.75) is 19.4 Å². The Morgan fingerprint density at radius 1 is 1.20 bits per heavy atom. The lowest BCUT2D eigenvalue weighted by atomic mass is 10.00. The van der Waals surface area contributed by atoms with E-state index in [2.05, 4.69) is 15.3 Å². The van der Waals surface area contributed by atoms with Gasteiger partial charge in [0.2, 0.25) is 0 Å². The molecule has 1 heterocycles. The van der Waals surface area contributed by atoms with E-state index in [1.807, 2.05) is 6.92 Å². The summed E-state index contributed by atoms with van der Waals surface area (Å²) in [6.45, 7) is 2.65. The minimum Gasteiger partial charge on any atom is -0.306 e. The monoisotopic (exact) mass is 297 g/mol. The maximum absolute atomic E-state index is 14.1. The number of aromatic nitrogens is 2. The Kier molecular flexibility index (Phi) is 4.98. The lowest BCUT2D eigenvalue weighted by molar-refractivity contribution is 0.533. The van der Waals surface area contributed by atoms with Crippen molar-refractivity contribution in [3.8, 4) is 0 Å². The number of benzene rings is 1. The number of hydrogen-bond donors (Lipinski definition) is 1. The predicted octanol–water partition coefficient (Wildman–Crippen LogP) is 3.50. The van der Waals surface area contributed by atoms with Crippen LogP contribution in [0.5, 0.6) is 0 Å². The van der Waals surface area contributed by atoms with Gasteiger partial charge in [0.25, 0.3) is 0 Å². The van der Waals surface area contributed by atoms with Crippen molar-refractivity contribution in [3.63, 3.8) is 0 Å². The van der Waals surface area contributed by atoms with E-state index in [4.69, 9.17) is 11.6 Å². The fraction of sp³-hybridized carbons (Fsp3) is 0.286. The van der Waals surface area contributed by atoms with E-state index in [0.29, 0.717) is 12.1 Å². The van der Waals surface area contributed by atoms with E-state index < -0.39 is 17.7 Å². The zero-order chi connectivity index (χ0) is 14.5. The Hall–Kier alpha value is -1.59.